The number of esters is 3. The number of hydrogen-bond acceptors (Lipinski definition) is 7. The van der Waals surface area contributed by atoms with Crippen molar-refractivity contribution in [1.82, 2.24) is 0 Å². The zero-order valence-electron chi connectivity index (χ0n) is 28.7. The van der Waals surface area contributed by atoms with E-state index in [9.17, 15) is 27.6 Å². The van der Waals surface area contributed by atoms with Crippen LogP contribution in [0.3, 0.4) is 0 Å². The molecule has 10 heteroatoms. The van der Waals surface area contributed by atoms with Crippen LogP contribution in [0.15, 0.2) is 54.6 Å². The summed E-state index contributed by atoms with van der Waals surface area (Å²) in [6.07, 6.45) is 13.2. The zero-order chi connectivity index (χ0) is 35.6. The van der Waals surface area contributed by atoms with Crippen LogP contribution in [0.2, 0.25) is 0 Å². The van der Waals surface area contributed by atoms with Gasteiger partial charge in [0.05, 0.1) is 23.8 Å². The molecular weight excluding hydrogens is 637 g/mol. The number of halogens is 3. The molecule has 1 atom stereocenters. The van der Waals surface area contributed by atoms with Crippen LogP contribution in [-0.2, 0) is 4.74 Å². The lowest BCUT2D eigenvalue weighted by Gasteiger charge is -2.13. The van der Waals surface area contributed by atoms with Crippen molar-refractivity contribution in [3.63, 3.8) is 0 Å². The van der Waals surface area contributed by atoms with Gasteiger partial charge in [0.25, 0.3) is 0 Å². The maximum atomic E-state index is 14.5. The highest BCUT2D eigenvalue weighted by molar-refractivity contribution is 5.93. The summed E-state index contributed by atoms with van der Waals surface area (Å²) in [7, 11) is 0. The Morgan fingerprint density at radius 2 is 1.08 bits per heavy atom. The summed E-state index contributed by atoms with van der Waals surface area (Å²) >= 11 is 0. The highest BCUT2D eigenvalue weighted by Gasteiger charge is 2.25. The van der Waals surface area contributed by atoms with Gasteiger partial charge in [-0.1, -0.05) is 78.1 Å². The standard InChI is InChI=1S/C39H47F3O7/c1-4-6-8-10-11-12-13-15-25-46-33-26-32(34(40)36(42)35(33)41)39(45)49-31-23-19-29(20-24-31)38(44)48-30-21-17-28(18-22-30)37(43)47-27(3)16-14-9-7-5-2/h17-24,26-27H,4-16,25H2,1-3H3/t27-/m0/s1. The average molecular weight is 685 g/mol. The molecule has 0 aliphatic heterocycles. The van der Waals surface area contributed by atoms with Gasteiger partial charge in [-0.25, -0.2) is 23.2 Å². The number of hydrogen-bond donors (Lipinski definition) is 0. The topological polar surface area (TPSA) is 88.1 Å². The van der Waals surface area contributed by atoms with Crippen LogP contribution in [0.1, 0.15) is 135 Å². The van der Waals surface area contributed by atoms with E-state index in [2.05, 4.69) is 13.8 Å². The molecule has 266 valence electrons. The number of ether oxygens (including phenoxy) is 4. The molecular formula is C39H47F3O7. The van der Waals surface area contributed by atoms with Gasteiger partial charge < -0.3 is 18.9 Å². The molecule has 0 saturated heterocycles. The molecule has 0 amide bonds. The van der Waals surface area contributed by atoms with Crippen LogP contribution in [0.25, 0.3) is 0 Å². The molecule has 49 heavy (non-hydrogen) atoms. The smallest absolute Gasteiger partial charge is 0.346 e. The lowest BCUT2D eigenvalue weighted by Crippen LogP contribution is -2.15. The van der Waals surface area contributed by atoms with Gasteiger partial charge in [0.1, 0.15) is 17.1 Å². The Hall–Kier alpha value is -4.34. The molecule has 0 aromatic heterocycles. The van der Waals surface area contributed by atoms with Crippen LogP contribution in [0.5, 0.6) is 17.2 Å². The molecule has 0 spiro atoms. The molecule has 3 aromatic rings. The second-order valence-corrected chi connectivity index (χ2v) is 12.1. The Balaban J connectivity index is 1.51. The Bertz CT molecular complexity index is 1490. The second-order valence-electron chi connectivity index (χ2n) is 12.1. The van der Waals surface area contributed by atoms with E-state index in [1.54, 1.807) is 0 Å². The molecule has 7 nitrogen and oxygen atoms in total. The van der Waals surface area contributed by atoms with Gasteiger partial charge in [-0.3, -0.25) is 0 Å². The monoisotopic (exact) mass is 684 g/mol. The summed E-state index contributed by atoms with van der Waals surface area (Å²) in [5.41, 5.74) is -0.399. The van der Waals surface area contributed by atoms with Crippen LogP contribution in [0, 0.1) is 17.5 Å². The summed E-state index contributed by atoms with van der Waals surface area (Å²) in [4.78, 5) is 37.8. The van der Waals surface area contributed by atoms with Crippen LogP contribution < -0.4 is 14.2 Å². The second kappa shape index (κ2) is 20.9. The Labute approximate surface area is 287 Å². The highest BCUT2D eigenvalue weighted by atomic mass is 19.2. The molecule has 0 saturated carbocycles. The first-order chi connectivity index (χ1) is 23.6. The van der Waals surface area contributed by atoms with E-state index in [0.717, 1.165) is 63.9 Å². The van der Waals surface area contributed by atoms with Crippen LogP contribution >= 0.6 is 0 Å². The first-order valence-electron chi connectivity index (χ1n) is 17.3. The van der Waals surface area contributed by atoms with E-state index in [0.29, 0.717) is 12.0 Å². The third kappa shape index (κ3) is 12.9. The average Bonchev–Trinajstić information content (AvgIpc) is 3.09. The minimum atomic E-state index is -1.84. The quantitative estimate of drug-likeness (QED) is 0.0477. The first-order valence-corrected chi connectivity index (χ1v) is 17.3. The molecule has 0 fully saturated rings. The molecule has 0 aliphatic carbocycles. The summed E-state index contributed by atoms with van der Waals surface area (Å²) in [6, 6.07) is 11.9. The Kier molecular flexibility index (Phi) is 16.7. The third-order valence-electron chi connectivity index (χ3n) is 7.96. The fraction of sp³-hybridized carbons (Fsp3) is 0.462. The molecule has 0 radical (unpaired) electrons. The van der Waals surface area contributed by atoms with Crippen molar-refractivity contribution in [3.8, 4) is 17.2 Å². The summed E-state index contributed by atoms with van der Waals surface area (Å²) in [5, 5.41) is 0. The largest absolute Gasteiger partial charge is 0.490 e. The minimum Gasteiger partial charge on any atom is -0.490 e. The number of carbonyl (C=O) groups excluding carboxylic acids is 3. The van der Waals surface area contributed by atoms with Crippen molar-refractivity contribution in [1.29, 1.82) is 0 Å². The van der Waals surface area contributed by atoms with Gasteiger partial charge >= 0.3 is 17.9 Å². The maximum absolute atomic E-state index is 14.5. The van der Waals surface area contributed by atoms with Crippen molar-refractivity contribution in [2.24, 2.45) is 0 Å². The van der Waals surface area contributed by atoms with E-state index >= 15 is 0 Å². The fourth-order valence-corrected chi connectivity index (χ4v) is 5.07. The van der Waals surface area contributed by atoms with Crippen LogP contribution in [-0.4, -0.2) is 30.6 Å². The Morgan fingerprint density at radius 3 is 1.65 bits per heavy atom. The minimum absolute atomic E-state index is 0.0745. The first kappa shape index (κ1) is 39.1. The number of unbranched alkanes of at least 4 members (excludes halogenated alkanes) is 10. The van der Waals surface area contributed by atoms with Gasteiger partial charge in [0.2, 0.25) is 5.82 Å². The molecule has 0 unspecified atom stereocenters. The van der Waals surface area contributed by atoms with E-state index in [1.165, 1.54) is 67.8 Å². The third-order valence-corrected chi connectivity index (χ3v) is 7.96. The fourth-order valence-electron chi connectivity index (χ4n) is 5.07. The van der Waals surface area contributed by atoms with Gasteiger partial charge in [-0.15, -0.1) is 0 Å². The van der Waals surface area contributed by atoms with E-state index in [4.69, 9.17) is 18.9 Å². The van der Waals surface area contributed by atoms with E-state index in [-0.39, 0.29) is 29.8 Å². The highest BCUT2D eigenvalue weighted by Crippen LogP contribution is 2.27. The van der Waals surface area contributed by atoms with Crippen LogP contribution in [0.4, 0.5) is 13.2 Å². The summed E-state index contributed by atoms with van der Waals surface area (Å²) in [5.74, 6) is -7.97. The SMILES string of the molecule is CCCCCCCCCCOc1cc(C(=O)Oc2ccc(C(=O)Oc3ccc(C(=O)O[C@@H](C)CCCCCC)cc3)cc2)c(F)c(F)c1F. The van der Waals surface area contributed by atoms with Crippen molar-refractivity contribution in [3.05, 3.63) is 88.7 Å². The normalized spacial score (nSPS) is 11.6. The lowest BCUT2D eigenvalue weighted by molar-refractivity contribution is 0.0319. The van der Waals surface area contributed by atoms with Crippen molar-refractivity contribution in [2.45, 2.75) is 110 Å². The van der Waals surface area contributed by atoms with E-state index in [1.807, 2.05) is 6.92 Å². The zero-order valence-corrected chi connectivity index (χ0v) is 28.7. The van der Waals surface area contributed by atoms with Crippen molar-refractivity contribution < 1.29 is 46.5 Å². The number of rotatable bonds is 21. The predicted molar refractivity (Wildman–Crippen MR) is 181 cm³/mol. The molecule has 0 N–H and O–H groups in total. The molecule has 0 bridgehead atoms. The van der Waals surface area contributed by atoms with E-state index < -0.39 is 46.7 Å². The maximum Gasteiger partial charge on any atom is 0.346 e. The molecule has 3 rings (SSSR count). The van der Waals surface area contributed by atoms with Gasteiger partial charge in [-0.2, -0.15) is 4.39 Å². The molecule has 3 aromatic carbocycles. The molecule has 0 aliphatic rings. The van der Waals surface area contributed by atoms with Gasteiger partial charge in [0.15, 0.2) is 17.4 Å². The predicted octanol–water partition coefficient (Wildman–Crippen LogP) is 10.6. The summed E-state index contributed by atoms with van der Waals surface area (Å²) < 4.78 is 64.6. The number of benzene rings is 3. The number of carbonyl (C=O) groups is 3. The van der Waals surface area contributed by atoms with Gasteiger partial charge in [-0.05, 0) is 74.7 Å². The molecule has 0 heterocycles. The Morgan fingerprint density at radius 1 is 0.592 bits per heavy atom. The lowest BCUT2D eigenvalue weighted by atomic mass is 10.1. The van der Waals surface area contributed by atoms with Gasteiger partial charge in [0, 0.05) is 6.07 Å². The summed E-state index contributed by atoms with van der Waals surface area (Å²) in [6.45, 7) is 6.23. The van der Waals surface area contributed by atoms with Crippen molar-refractivity contribution in [2.75, 3.05) is 6.61 Å². The van der Waals surface area contributed by atoms with Crippen molar-refractivity contribution >= 4 is 17.9 Å².